The molecule has 0 spiro atoms. The van der Waals surface area contributed by atoms with E-state index in [1.165, 1.54) is 21.4 Å². The summed E-state index contributed by atoms with van der Waals surface area (Å²) in [5.74, 6) is 0.405. The lowest BCUT2D eigenvalue weighted by Crippen LogP contribution is -2.34. The number of rotatable bonds is 6. The van der Waals surface area contributed by atoms with Crippen LogP contribution in [-0.4, -0.2) is 41.5 Å². The van der Waals surface area contributed by atoms with Gasteiger partial charge in [0.05, 0.1) is 12.7 Å². The molecule has 1 aromatic heterocycles. The number of aryl methyl sites for hydroxylation is 1. The van der Waals surface area contributed by atoms with Gasteiger partial charge in [0, 0.05) is 25.2 Å². The van der Waals surface area contributed by atoms with Gasteiger partial charge in [-0.05, 0) is 13.3 Å². The highest BCUT2D eigenvalue weighted by Gasteiger charge is 2.25. The fourth-order valence-electron chi connectivity index (χ4n) is 1.35. The van der Waals surface area contributed by atoms with Gasteiger partial charge in [-0.25, -0.2) is 8.42 Å². The number of alkyl halides is 1. The van der Waals surface area contributed by atoms with Crippen molar-refractivity contribution in [2.75, 3.05) is 12.9 Å². The molecular formula is C10H18ClN3O2S. The summed E-state index contributed by atoms with van der Waals surface area (Å²) in [5.41, 5.74) is 0. The zero-order valence-corrected chi connectivity index (χ0v) is 11.9. The quantitative estimate of drug-likeness (QED) is 0.742. The lowest BCUT2D eigenvalue weighted by Gasteiger charge is -2.22. The van der Waals surface area contributed by atoms with Crippen LogP contribution in [0.1, 0.15) is 20.3 Å². The summed E-state index contributed by atoms with van der Waals surface area (Å²) in [6.07, 6.45) is 3.64. The lowest BCUT2D eigenvalue weighted by molar-refractivity contribution is 0.380. The fraction of sp³-hybridized carbons (Fsp3) is 0.700. The van der Waals surface area contributed by atoms with Crippen LogP contribution in [0.25, 0.3) is 0 Å². The third-order valence-corrected chi connectivity index (χ3v) is 4.91. The molecule has 1 aromatic rings. The van der Waals surface area contributed by atoms with Crippen molar-refractivity contribution in [3.05, 3.63) is 12.4 Å². The first-order valence-electron chi connectivity index (χ1n) is 5.50. The van der Waals surface area contributed by atoms with Crippen molar-refractivity contribution in [3.8, 4) is 0 Å². The molecule has 0 fully saturated rings. The van der Waals surface area contributed by atoms with Gasteiger partial charge in [0.2, 0.25) is 10.0 Å². The molecule has 1 rings (SSSR count). The Morgan fingerprint density at radius 3 is 2.76 bits per heavy atom. The van der Waals surface area contributed by atoms with Gasteiger partial charge in [0.15, 0.2) is 0 Å². The number of hydrogen-bond donors (Lipinski definition) is 0. The summed E-state index contributed by atoms with van der Waals surface area (Å²) in [6.45, 7) is 4.33. The number of sulfonamides is 1. The Morgan fingerprint density at radius 1 is 1.59 bits per heavy atom. The van der Waals surface area contributed by atoms with Crippen LogP contribution in [0.15, 0.2) is 17.3 Å². The standard InChI is InChI=1S/C10H18ClN3O2S/c1-4-9(2)13(3)17(15,16)10-7-12-14(8-10)6-5-11/h7-9H,4-6H2,1-3H3. The highest BCUT2D eigenvalue weighted by Crippen LogP contribution is 2.16. The molecule has 0 radical (unpaired) electrons. The maximum atomic E-state index is 12.2. The molecule has 0 N–H and O–H groups in total. The van der Waals surface area contributed by atoms with Gasteiger partial charge in [0.25, 0.3) is 0 Å². The van der Waals surface area contributed by atoms with Crippen molar-refractivity contribution in [2.24, 2.45) is 0 Å². The van der Waals surface area contributed by atoms with E-state index in [1.807, 2.05) is 13.8 Å². The molecule has 1 heterocycles. The molecule has 0 saturated carbocycles. The maximum Gasteiger partial charge on any atom is 0.246 e. The molecule has 0 aliphatic heterocycles. The largest absolute Gasteiger partial charge is 0.270 e. The van der Waals surface area contributed by atoms with Gasteiger partial charge in [-0.1, -0.05) is 6.92 Å². The lowest BCUT2D eigenvalue weighted by atomic mass is 10.3. The summed E-state index contributed by atoms with van der Waals surface area (Å²) in [6, 6.07) is -0.0311. The van der Waals surface area contributed by atoms with Crippen LogP contribution in [-0.2, 0) is 16.6 Å². The molecule has 0 bridgehead atoms. The van der Waals surface area contributed by atoms with Crippen LogP contribution >= 0.6 is 11.6 Å². The molecule has 7 heteroatoms. The third-order valence-electron chi connectivity index (χ3n) is 2.81. The van der Waals surface area contributed by atoms with E-state index >= 15 is 0 Å². The van der Waals surface area contributed by atoms with E-state index in [9.17, 15) is 8.42 Å². The molecule has 0 aromatic carbocycles. The molecule has 1 unspecified atom stereocenters. The summed E-state index contributed by atoms with van der Waals surface area (Å²) >= 11 is 5.57. The van der Waals surface area contributed by atoms with E-state index in [1.54, 1.807) is 7.05 Å². The summed E-state index contributed by atoms with van der Waals surface area (Å²) in [5, 5.41) is 3.97. The second-order valence-corrected chi connectivity index (χ2v) is 6.28. The second kappa shape index (κ2) is 5.84. The van der Waals surface area contributed by atoms with Crippen LogP contribution in [0.2, 0.25) is 0 Å². The zero-order chi connectivity index (χ0) is 13.1. The number of aromatic nitrogens is 2. The van der Waals surface area contributed by atoms with E-state index < -0.39 is 10.0 Å². The highest BCUT2D eigenvalue weighted by molar-refractivity contribution is 7.89. The monoisotopic (exact) mass is 279 g/mol. The van der Waals surface area contributed by atoms with E-state index in [2.05, 4.69) is 5.10 Å². The Kier molecular flexibility index (Phi) is 4.97. The Bertz CT molecular complexity index is 458. The van der Waals surface area contributed by atoms with Crippen molar-refractivity contribution >= 4 is 21.6 Å². The van der Waals surface area contributed by atoms with Crippen LogP contribution < -0.4 is 0 Å². The van der Waals surface area contributed by atoms with Crippen molar-refractivity contribution in [1.82, 2.24) is 14.1 Å². The van der Waals surface area contributed by atoms with Gasteiger partial charge < -0.3 is 0 Å². The zero-order valence-electron chi connectivity index (χ0n) is 10.3. The van der Waals surface area contributed by atoms with E-state index in [0.29, 0.717) is 12.4 Å². The molecule has 98 valence electrons. The summed E-state index contributed by atoms with van der Waals surface area (Å²) in [7, 11) is -1.86. The molecule has 0 saturated heterocycles. The van der Waals surface area contributed by atoms with Crippen LogP contribution in [0, 0.1) is 0 Å². The van der Waals surface area contributed by atoms with Gasteiger partial charge in [-0.2, -0.15) is 9.40 Å². The van der Waals surface area contributed by atoms with Crippen molar-refractivity contribution in [1.29, 1.82) is 0 Å². The molecular weight excluding hydrogens is 262 g/mol. The molecule has 0 amide bonds. The minimum atomic E-state index is -3.44. The average molecular weight is 280 g/mol. The Hall–Kier alpha value is -0.590. The Labute approximate surface area is 107 Å². The molecule has 17 heavy (non-hydrogen) atoms. The van der Waals surface area contributed by atoms with E-state index in [-0.39, 0.29) is 10.9 Å². The average Bonchev–Trinajstić information content (AvgIpc) is 2.76. The highest BCUT2D eigenvalue weighted by atomic mass is 35.5. The van der Waals surface area contributed by atoms with Gasteiger partial charge in [-0.3, -0.25) is 4.68 Å². The van der Waals surface area contributed by atoms with E-state index in [4.69, 9.17) is 11.6 Å². The molecule has 1 atom stereocenters. The first kappa shape index (κ1) is 14.5. The van der Waals surface area contributed by atoms with Crippen LogP contribution in [0.4, 0.5) is 0 Å². The third kappa shape index (κ3) is 3.20. The van der Waals surface area contributed by atoms with Crippen molar-refractivity contribution in [3.63, 3.8) is 0 Å². The molecule has 0 aliphatic rings. The summed E-state index contributed by atoms with van der Waals surface area (Å²) in [4.78, 5) is 0.213. The number of nitrogens with zero attached hydrogens (tertiary/aromatic N) is 3. The van der Waals surface area contributed by atoms with Crippen LogP contribution in [0.5, 0.6) is 0 Å². The number of halogens is 1. The van der Waals surface area contributed by atoms with E-state index in [0.717, 1.165) is 6.42 Å². The maximum absolute atomic E-state index is 12.2. The SMILES string of the molecule is CCC(C)N(C)S(=O)(=O)c1cnn(CCCl)c1. The van der Waals surface area contributed by atoms with Crippen LogP contribution in [0.3, 0.4) is 0 Å². The first-order chi connectivity index (χ1) is 7.93. The second-order valence-electron chi connectivity index (χ2n) is 3.91. The fourth-order valence-corrected chi connectivity index (χ4v) is 2.91. The van der Waals surface area contributed by atoms with Crippen molar-refractivity contribution in [2.45, 2.75) is 37.8 Å². The topological polar surface area (TPSA) is 55.2 Å². The molecule has 5 nitrogen and oxygen atoms in total. The summed E-state index contributed by atoms with van der Waals surface area (Å²) < 4.78 is 27.3. The Balaban J connectivity index is 2.96. The minimum Gasteiger partial charge on any atom is -0.270 e. The Morgan fingerprint density at radius 2 is 2.24 bits per heavy atom. The van der Waals surface area contributed by atoms with Gasteiger partial charge in [-0.15, -0.1) is 11.6 Å². The normalized spacial score (nSPS) is 14.2. The van der Waals surface area contributed by atoms with Crippen molar-refractivity contribution < 1.29 is 8.42 Å². The predicted octanol–water partition coefficient (Wildman–Crippen LogP) is 1.54. The number of hydrogen-bond acceptors (Lipinski definition) is 3. The van der Waals surface area contributed by atoms with Gasteiger partial charge >= 0.3 is 0 Å². The smallest absolute Gasteiger partial charge is 0.246 e. The molecule has 0 aliphatic carbocycles. The first-order valence-corrected chi connectivity index (χ1v) is 7.47. The minimum absolute atomic E-state index is 0.0311. The van der Waals surface area contributed by atoms with Gasteiger partial charge in [0.1, 0.15) is 4.90 Å². The predicted molar refractivity (Wildman–Crippen MR) is 67.6 cm³/mol.